The molecule has 0 amide bonds. The van der Waals surface area contributed by atoms with Gasteiger partial charge in [-0.3, -0.25) is 24.6 Å². The highest BCUT2D eigenvalue weighted by Crippen LogP contribution is 2.25. The number of benzene rings is 2. The van der Waals surface area contributed by atoms with Gasteiger partial charge in [0.15, 0.2) is 0 Å². The molecule has 1 aliphatic rings. The lowest BCUT2D eigenvalue weighted by molar-refractivity contribution is -0.384. The van der Waals surface area contributed by atoms with Crippen LogP contribution in [0.15, 0.2) is 53.2 Å². The van der Waals surface area contributed by atoms with Gasteiger partial charge in [0.05, 0.1) is 29.3 Å². The third-order valence-electron chi connectivity index (χ3n) is 6.24. The quantitative estimate of drug-likeness (QED) is 0.326. The summed E-state index contributed by atoms with van der Waals surface area (Å²) in [5.41, 5.74) is 2.98. The van der Waals surface area contributed by atoms with E-state index in [2.05, 4.69) is 32.0 Å². The van der Waals surface area contributed by atoms with E-state index in [9.17, 15) is 10.1 Å². The predicted octanol–water partition coefficient (Wildman–Crippen LogP) is 3.64. The fraction of sp³-hybridized carbons (Fsp3) is 0.348. The van der Waals surface area contributed by atoms with Gasteiger partial charge in [-0.15, -0.1) is 0 Å². The molecule has 33 heavy (non-hydrogen) atoms. The summed E-state index contributed by atoms with van der Waals surface area (Å²) in [6.45, 7) is 8.11. The second-order valence-electron chi connectivity index (χ2n) is 8.44. The molecule has 10 nitrogen and oxygen atoms in total. The number of aryl methyl sites for hydroxylation is 1. The van der Waals surface area contributed by atoms with Crippen LogP contribution in [0.3, 0.4) is 0 Å². The van der Waals surface area contributed by atoms with Crippen molar-refractivity contribution in [1.82, 2.24) is 29.7 Å². The van der Waals surface area contributed by atoms with E-state index in [1.54, 1.807) is 18.3 Å². The average Bonchev–Trinajstić information content (AvgIpc) is 3.47. The van der Waals surface area contributed by atoms with Crippen LogP contribution < -0.4 is 0 Å². The predicted molar refractivity (Wildman–Crippen MR) is 122 cm³/mol. The van der Waals surface area contributed by atoms with E-state index in [0.29, 0.717) is 18.4 Å². The maximum atomic E-state index is 11.1. The highest BCUT2D eigenvalue weighted by Gasteiger charge is 2.26. The van der Waals surface area contributed by atoms with Gasteiger partial charge in [0, 0.05) is 49.3 Å². The normalized spacial score (nSPS) is 16.3. The van der Waals surface area contributed by atoms with Gasteiger partial charge in [-0.05, 0) is 19.9 Å². The molecule has 0 bridgehead atoms. The van der Waals surface area contributed by atoms with Crippen LogP contribution in [-0.4, -0.2) is 60.8 Å². The number of rotatable bonds is 6. The maximum Gasteiger partial charge on any atom is 0.271 e. The van der Waals surface area contributed by atoms with Crippen molar-refractivity contribution in [3.05, 3.63) is 70.2 Å². The van der Waals surface area contributed by atoms with Crippen LogP contribution in [-0.2, 0) is 6.67 Å². The minimum absolute atomic E-state index is 0.0204. The van der Waals surface area contributed by atoms with E-state index in [1.165, 1.54) is 11.6 Å². The molecule has 1 fully saturated rings. The third kappa shape index (κ3) is 4.35. The summed E-state index contributed by atoms with van der Waals surface area (Å²) in [4.78, 5) is 20.0. The molecule has 2 aromatic heterocycles. The number of nitro groups is 1. The largest absolute Gasteiger partial charge is 0.337 e. The molecule has 1 atom stereocenters. The summed E-state index contributed by atoms with van der Waals surface area (Å²) in [6, 6.07) is 12.9. The Labute approximate surface area is 190 Å². The number of piperazine rings is 1. The van der Waals surface area contributed by atoms with Crippen molar-refractivity contribution in [2.75, 3.05) is 26.2 Å². The molecule has 1 saturated heterocycles. The Hall–Kier alpha value is -3.63. The first kappa shape index (κ1) is 21.2. The van der Waals surface area contributed by atoms with Crippen molar-refractivity contribution in [1.29, 1.82) is 0 Å². The summed E-state index contributed by atoms with van der Waals surface area (Å²) in [5, 5.41) is 20.6. The fourth-order valence-electron chi connectivity index (χ4n) is 4.15. The Balaban J connectivity index is 1.22. The summed E-state index contributed by atoms with van der Waals surface area (Å²) in [6.07, 6.45) is 1.75. The summed E-state index contributed by atoms with van der Waals surface area (Å²) in [7, 11) is 0. The van der Waals surface area contributed by atoms with Gasteiger partial charge < -0.3 is 4.52 Å². The van der Waals surface area contributed by atoms with E-state index in [1.807, 2.05) is 35.9 Å². The van der Waals surface area contributed by atoms with Crippen molar-refractivity contribution in [3.8, 4) is 11.4 Å². The molecule has 4 aromatic rings. The Bertz CT molecular complexity index is 1270. The first-order chi connectivity index (χ1) is 16.0. The molecular formula is C23H25N7O3. The first-order valence-electron chi connectivity index (χ1n) is 10.9. The number of hydrogen-bond donors (Lipinski definition) is 0. The lowest BCUT2D eigenvalue weighted by Gasteiger charge is -2.36. The van der Waals surface area contributed by atoms with E-state index in [-0.39, 0.29) is 16.7 Å². The van der Waals surface area contributed by atoms with E-state index >= 15 is 0 Å². The summed E-state index contributed by atoms with van der Waals surface area (Å²) < 4.78 is 7.40. The SMILES string of the molecule is Cc1ccc(-c2noc(C(C)N3CCN(Cn4ncc5ccc([N+](=O)[O-])cc54)CC3)n2)cc1. The van der Waals surface area contributed by atoms with Gasteiger partial charge in [-0.2, -0.15) is 10.1 Å². The number of nitrogens with zero attached hydrogens (tertiary/aromatic N) is 7. The molecule has 3 heterocycles. The molecule has 0 aliphatic carbocycles. The van der Waals surface area contributed by atoms with Crippen LogP contribution in [0.5, 0.6) is 0 Å². The molecule has 170 valence electrons. The van der Waals surface area contributed by atoms with Crippen molar-refractivity contribution in [2.24, 2.45) is 0 Å². The Morgan fingerprint density at radius 2 is 1.88 bits per heavy atom. The van der Waals surface area contributed by atoms with Crippen molar-refractivity contribution < 1.29 is 9.45 Å². The Kier molecular flexibility index (Phi) is 5.61. The second-order valence-corrected chi connectivity index (χ2v) is 8.44. The lowest BCUT2D eigenvalue weighted by Crippen LogP contribution is -2.47. The zero-order valence-corrected chi connectivity index (χ0v) is 18.6. The minimum Gasteiger partial charge on any atom is -0.337 e. The number of non-ortho nitro benzene ring substituents is 1. The van der Waals surface area contributed by atoms with Crippen LogP contribution in [0.1, 0.15) is 24.4 Å². The molecule has 10 heteroatoms. The van der Waals surface area contributed by atoms with Crippen LogP contribution in [0.25, 0.3) is 22.3 Å². The van der Waals surface area contributed by atoms with Gasteiger partial charge in [-0.25, -0.2) is 0 Å². The number of fused-ring (bicyclic) bond motifs is 1. The van der Waals surface area contributed by atoms with Crippen LogP contribution in [0, 0.1) is 17.0 Å². The molecule has 5 rings (SSSR count). The molecule has 0 spiro atoms. The number of aromatic nitrogens is 4. The zero-order chi connectivity index (χ0) is 22.9. The number of hydrogen-bond acceptors (Lipinski definition) is 8. The average molecular weight is 447 g/mol. The van der Waals surface area contributed by atoms with E-state index in [4.69, 9.17) is 4.52 Å². The standard InChI is InChI=1S/C23H25N7O3/c1-16-3-5-18(6-4-16)22-25-23(33-26-22)17(2)28-11-9-27(10-12-28)15-29-21-13-20(30(31)32)8-7-19(21)14-24-29/h3-8,13-14,17H,9-12,15H2,1-2H3. The smallest absolute Gasteiger partial charge is 0.271 e. The Morgan fingerprint density at radius 1 is 1.12 bits per heavy atom. The van der Waals surface area contributed by atoms with Crippen LogP contribution >= 0.6 is 0 Å². The molecule has 0 radical (unpaired) electrons. The van der Waals surface area contributed by atoms with Gasteiger partial charge in [0.1, 0.15) is 0 Å². The Morgan fingerprint density at radius 3 is 2.61 bits per heavy atom. The topological polar surface area (TPSA) is 106 Å². The highest BCUT2D eigenvalue weighted by molar-refractivity contribution is 5.80. The monoisotopic (exact) mass is 447 g/mol. The third-order valence-corrected chi connectivity index (χ3v) is 6.24. The molecule has 2 aromatic carbocycles. The van der Waals surface area contributed by atoms with Crippen molar-refractivity contribution in [2.45, 2.75) is 26.6 Å². The minimum atomic E-state index is -0.376. The van der Waals surface area contributed by atoms with Gasteiger partial charge >= 0.3 is 0 Å². The van der Waals surface area contributed by atoms with Gasteiger partial charge in [-0.1, -0.05) is 35.0 Å². The summed E-state index contributed by atoms with van der Waals surface area (Å²) >= 11 is 0. The van der Waals surface area contributed by atoms with Gasteiger partial charge in [0.2, 0.25) is 11.7 Å². The lowest BCUT2D eigenvalue weighted by atomic mass is 10.1. The molecule has 1 aliphatic heterocycles. The fourth-order valence-corrected chi connectivity index (χ4v) is 4.15. The highest BCUT2D eigenvalue weighted by atomic mass is 16.6. The maximum absolute atomic E-state index is 11.1. The number of nitro benzene ring substituents is 1. The molecule has 0 saturated carbocycles. The molecule has 0 N–H and O–H groups in total. The molecule has 1 unspecified atom stereocenters. The van der Waals surface area contributed by atoms with Crippen molar-refractivity contribution >= 4 is 16.6 Å². The van der Waals surface area contributed by atoms with Crippen molar-refractivity contribution in [3.63, 3.8) is 0 Å². The van der Waals surface area contributed by atoms with E-state index < -0.39 is 0 Å². The van der Waals surface area contributed by atoms with Crippen LogP contribution in [0.2, 0.25) is 0 Å². The second kappa shape index (κ2) is 8.72. The van der Waals surface area contributed by atoms with Gasteiger partial charge in [0.25, 0.3) is 5.69 Å². The van der Waals surface area contributed by atoms with E-state index in [0.717, 1.165) is 42.6 Å². The molecular weight excluding hydrogens is 422 g/mol. The first-order valence-corrected chi connectivity index (χ1v) is 10.9. The van der Waals surface area contributed by atoms with Crippen LogP contribution in [0.4, 0.5) is 5.69 Å². The summed E-state index contributed by atoms with van der Waals surface area (Å²) in [5.74, 6) is 1.22. The zero-order valence-electron chi connectivity index (χ0n) is 18.6.